The third-order valence-electron chi connectivity index (χ3n) is 3.10. The summed E-state index contributed by atoms with van der Waals surface area (Å²) in [5, 5.41) is 14.0. The number of aromatic nitrogens is 2. The molecule has 0 amide bonds. The first kappa shape index (κ1) is 13.0. The van der Waals surface area contributed by atoms with E-state index in [9.17, 15) is 10.1 Å². The number of benzene rings is 2. The van der Waals surface area contributed by atoms with Gasteiger partial charge in [0.2, 0.25) is 0 Å². The largest absolute Gasteiger partial charge is 0.364 e. The standard InChI is InChI=1S/C15H12N4O2/c20-19(21)14-8-4-1-5-11(14)9-17-15-10-16-12-6-2-3-7-13(12)18-15/h1-8,10H,9H2,(H,17,18). The third kappa shape index (κ3) is 2.79. The van der Waals surface area contributed by atoms with E-state index >= 15 is 0 Å². The highest BCUT2D eigenvalue weighted by molar-refractivity contribution is 5.75. The Kier molecular flexibility index (Phi) is 3.42. The van der Waals surface area contributed by atoms with E-state index in [0.717, 1.165) is 11.0 Å². The van der Waals surface area contributed by atoms with Gasteiger partial charge < -0.3 is 5.32 Å². The van der Waals surface area contributed by atoms with Gasteiger partial charge >= 0.3 is 0 Å². The van der Waals surface area contributed by atoms with Gasteiger partial charge in [0.25, 0.3) is 5.69 Å². The Morgan fingerprint density at radius 2 is 1.76 bits per heavy atom. The summed E-state index contributed by atoms with van der Waals surface area (Å²) in [4.78, 5) is 19.3. The molecule has 0 bridgehead atoms. The number of para-hydroxylation sites is 3. The summed E-state index contributed by atoms with van der Waals surface area (Å²) in [5.41, 5.74) is 2.30. The van der Waals surface area contributed by atoms with Crippen molar-refractivity contribution in [3.8, 4) is 0 Å². The highest BCUT2D eigenvalue weighted by Gasteiger charge is 2.11. The van der Waals surface area contributed by atoms with Crippen molar-refractivity contribution >= 4 is 22.5 Å². The second kappa shape index (κ2) is 5.54. The molecule has 0 saturated carbocycles. The SMILES string of the molecule is O=[N+]([O-])c1ccccc1CNc1cnc2ccccc2n1. The molecule has 0 aliphatic carbocycles. The van der Waals surface area contributed by atoms with Crippen LogP contribution in [0.4, 0.5) is 11.5 Å². The van der Waals surface area contributed by atoms with E-state index in [-0.39, 0.29) is 10.6 Å². The number of fused-ring (bicyclic) bond motifs is 1. The molecule has 104 valence electrons. The van der Waals surface area contributed by atoms with Gasteiger partial charge in [0.1, 0.15) is 5.82 Å². The second-order valence-corrected chi connectivity index (χ2v) is 4.48. The molecule has 0 unspecified atom stereocenters. The van der Waals surface area contributed by atoms with Crippen molar-refractivity contribution in [3.63, 3.8) is 0 Å². The van der Waals surface area contributed by atoms with Crippen molar-refractivity contribution < 1.29 is 4.92 Å². The molecule has 0 aliphatic rings. The lowest BCUT2D eigenvalue weighted by Crippen LogP contribution is -2.04. The highest BCUT2D eigenvalue weighted by atomic mass is 16.6. The van der Waals surface area contributed by atoms with Gasteiger partial charge in [-0.2, -0.15) is 0 Å². The van der Waals surface area contributed by atoms with Crippen molar-refractivity contribution in [1.29, 1.82) is 0 Å². The van der Waals surface area contributed by atoms with Gasteiger partial charge in [0.15, 0.2) is 0 Å². The molecule has 3 aromatic rings. The predicted octanol–water partition coefficient (Wildman–Crippen LogP) is 3.15. The Labute approximate surface area is 120 Å². The van der Waals surface area contributed by atoms with Crippen LogP contribution in [0.3, 0.4) is 0 Å². The number of nitro groups is 1. The average molecular weight is 280 g/mol. The first-order chi connectivity index (χ1) is 10.2. The van der Waals surface area contributed by atoms with Gasteiger partial charge in [-0.25, -0.2) is 4.98 Å². The fourth-order valence-electron chi connectivity index (χ4n) is 2.07. The summed E-state index contributed by atoms with van der Waals surface area (Å²) >= 11 is 0. The molecule has 0 atom stereocenters. The highest BCUT2D eigenvalue weighted by Crippen LogP contribution is 2.19. The van der Waals surface area contributed by atoms with E-state index in [1.165, 1.54) is 6.07 Å². The normalized spacial score (nSPS) is 10.5. The van der Waals surface area contributed by atoms with Crippen LogP contribution in [0.2, 0.25) is 0 Å². The van der Waals surface area contributed by atoms with Crippen molar-refractivity contribution in [2.75, 3.05) is 5.32 Å². The zero-order valence-electron chi connectivity index (χ0n) is 11.1. The third-order valence-corrected chi connectivity index (χ3v) is 3.10. The molecule has 1 N–H and O–H groups in total. The summed E-state index contributed by atoms with van der Waals surface area (Å²) in [5.74, 6) is 0.590. The van der Waals surface area contributed by atoms with Gasteiger partial charge in [0.05, 0.1) is 22.2 Å². The molecule has 0 radical (unpaired) electrons. The van der Waals surface area contributed by atoms with Crippen LogP contribution in [0, 0.1) is 10.1 Å². The van der Waals surface area contributed by atoms with Gasteiger partial charge in [0, 0.05) is 18.2 Å². The lowest BCUT2D eigenvalue weighted by molar-refractivity contribution is -0.385. The molecule has 0 aliphatic heterocycles. The minimum absolute atomic E-state index is 0.0961. The quantitative estimate of drug-likeness (QED) is 0.586. The number of hydrogen-bond donors (Lipinski definition) is 1. The van der Waals surface area contributed by atoms with Gasteiger partial charge in [-0.1, -0.05) is 30.3 Å². The molecule has 3 rings (SSSR count). The van der Waals surface area contributed by atoms with E-state index in [4.69, 9.17) is 0 Å². The topological polar surface area (TPSA) is 81.0 Å². The van der Waals surface area contributed by atoms with Crippen molar-refractivity contribution in [2.45, 2.75) is 6.54 Å². The van der Waals surface area contributed by atoms with Gasteiger partial charge in [-0.15, -0.1) is 0 Å². The summed E-state index contributed by atoms with van der Waals surface area (Å²) < 4.78 is 0. The number of nitrogens with one attached hydrogen (secondary N) is 1. The number of anilines is 1. The Balaban J connectivity index is 1.82. The molecule has 21 heavy (non-hydrogen) atoms. The minimum Gasteiger partial charge on any atom is -0.364 e. The molecule has 1 aromatic heterocycles. The van der Waals surface area contributed by atoms with Gasteiger partial charge in [-0.05, 0) is 12.1 Å². The number of nitro benzene ring substituents is 1. The maximum absolute atomic E-state index is 11.0. The predicted molar refractivity (Wildman–Crippen MR) is 80.0 cm³/mol. The van der Waals surface area contributed by atoms with Crippen LogP contribution < -0.4 is 5.32 Å². The molecular formula is C15H12N4O2. The van der Waals surface area contributed by atoms with Crippen LogP contribution in [-0.4, -0.2) is 14.9 Å². The summed E-state index contributed by atoms with van der Waals surface area (Å²) in [6.07, 6.45) is 1.62. The van der Waals surface area contributed by atoms with Crippen LogP contribution in [0.5, 0.6) is 0 Å². The lowest BCUT2D eigenvalue weighted by atomic mass is 10.2. The Bertz CT molecular complexity index is 804. The van der Waals surface area contributed by atoms with Crippen LogP contribution >= 0.6 is 0 Å². The number of nitrogens with zero attached hydrogens (tertiary/aromatic N) is 3. The fourth-order valence-corrected chi connectivity index (χ4v) is 2.07. The van der Waals surface area contributed by atoms with E-state index < -0.39 is 0 Å². The Hall–Kier alpha value is -3.02. The maximum Gasteiger partial charge on any atom is 0.274 e. The smallest absolute Gasteiger partial charge is 0.274 e. The van der Waals surface area contributed by atoms with Gasteiger partial charge in [-0.3, -0.25) is 15.1 Å². The van der Waals surface area contributed by atoms with Crippen LogP contribution in [0.25, 0.3) is 11.0 Å². The Morgan fingerprint density at radius 1 is 1.05 bits per heavy atom. The number of rotatable bonds is 4. The minimum atomic E-state index is -0.386. The molecule has 0 saturated heterocycles. The second-order valence-electron chi connectivity index (χ2n) is 4.48. The molecule has 2 aromatic carbocycles. The zero-order chi connectivity index (χ0) is 14.7. The van der Waals surface area contributed by atoms with Crippen molar-refractivity contribution in [3.05, 3.63) is 70.4 Å². The summed E-state index contributed by atoms with van der Waals surface area (Å²) in [6, 6.07) is 14.2. The summed E-state index contributed by atoms with van der Waals surface area (Å²) in [6.45, 7) is 0.324. The Morgan fingerprint density at radius 3 is 2.57 bits per heavy atom. The van der Waals surface area contributed by atoms with Crippen molar-refractivity contribution in [1.82, 2.24) is 9.97 Å². The van der Waals surface area contributed by atoms with E-state index in [2.05, 4.69) is 15.3 Å². The molecule has 6 heteroatoms. The zero-order valence-corrected chi connectivity index (χ0v) is 11.1. The van der Waals surface area contributed by atoms with Crippen LogP contribution in [-0.2, 0) is 6.54 Å². The molecule has 1 heterocycles. The molecular weight excluding hydrogens is 268 g/mol. The summed E-state index contributed by atoms with van der Waals surface area (Å²) in [7, 11) is 0. The lowest BCUT2D eigenvalue weighted by Gasteiger charge is -2.06. The van der Waals surface area contributed by atoms with Crippen LogP contribution in [0.15, 0.2) is 54.7 Å². The van der Waals surface area contributed by atoms with Crippen molar-refractivity contribution in [2.24, 2.45) is 0 Å². The van der Waals surface area contributed by atoms with E-state index in [1.807, 2.05) is 24.3 Å². The average Bonchev–Trinajstić information content (AvgIpc) is 2.53. The van der Waals surface area contributed by atoms with Crippen LogP contribution in [0.1, 0.15) is 5.56 Å². The monoisotopic (exact) mass is 280 g/mol. The maximum atomic E-state index is 11.0. The first-order valence-electron chi connectivity index (χ1n) is 6.42. The first-order valence-corrected chi connectivity index (χ1v) is 6.42. The van der Waals surface area contributed by atoms with E-state index in [0.29, 0.717) is 17.9 Å². The number of hydrogen-bond acceptors (Lipinski definition) is 5. The fraction of sp³-hybridized carbons (Fsp3) is 0.0667. The molecule has 0 fully saturated rings. The molecule has 6 nitrogen and oxygen atoms in total. The molecule has 0 spiro atoms. The van der Waals surface area contributed by atoms with E-state index in [1.54, 1.807) is 24.4 Å².